The van der Waals surface area contributed by atoms with Gasteiger partial charge in [0.1, 0.15) is 12.4 Å². The molecule has 7 heteroatoms. The largest absolute Gasteiger partial charge is 0.493 e. The molecule has 0 aromatic heterocycles. The van der Waals surface area contributed by atoms with Gasteiger partial charge in [-0.2, -0.15) is 0 Å². The minimum absolute atomic E-state index is 0.303. The highest BCUT2D eigenvalue weighted by Gasteiger charge is 2.23. The number of hydrogen-bond donors (Lipinski definition) is 0. The Hall–Kier alpha value is -2.15. The molecule has 0 amide bonds. The van der Waals surface area contributed by atoms with Gasteiger partial charge in [-0.3, -0.25) is 4.90 Å². The number of piperazine rings is 1. The number of nitrogens with zero attached hydrogens (tertiary/aromatic N) is 3. The lowest BCUT2D eigenvalue weighted by Crippen LogP contribution is -2.47. The summed E-state index contributed by atoms with van der Waals surface area (Å²) in [6, 6.07) is 12.5. The average molecular weight is 448 g/mol. The Balaban J connectivity index is 1.61. The van der Waals surface area contributed by atoms with Crippen molar-refractivity contribution in [1.29, 1.82) is 0 Å². The van der Waals surface area contributed by atoms with Crippen LogP contribution in [0.3, 0.4) is 0 Å². The predicted molar refractivity (Wildman–Crippen MR) is 127 cm³/mol. The summed E-state index contributed by atoms with van der Waals surface area (Å²) in [6.45, 7) is 7.59. The van der Waals surface area contributed by atoms with Gasteiger partial charge in [-0.15, -0.1) is 0 Å². The quantitative estimate of drug-likeness (QED) is 0.574. The van der Waals surface area contributed by atoms with Gasteiger partial charge in [0.05, 0.1) is 19.2 Å². The van der Waals surface area contributed by atoms with Crippen LogP contribution in [0, 0.1) is 0 Å². The van der Waals surface area contributed by atoms with Crippen molar-refractivity contribution in [3.63, 3.8) is 0 Å². The lowest BCUT2D eigenvalue weighted by Gasteiger charge is -2.39. The molecule has 0 saturated carbocycles. The van der Waals surface area contributed by atoms with Crippen molar-refractivity contribution < 1.29 is 14.2 Å². The predicted octanol–water partition coefficient (Wildman–Crippen LogP) is 4.18. The Labute approximate surface area is 191 Å². The van der Waals surface area contributed by atoms with Crippen LogP contribution in [0.1, 0.15) is 18.5 Å². The molecule has 1 fully saturated rings. The zero-order valence-corrected chi connectivity index (χ0v) is 20.0. The molecular formula is C24H34ClN3O3. The van der Waals surface area contributed by atoms with Crippen molar-refractivity contribution in [1.82, 2.24) is 9.80 Å². The van der Waals surface area contributed by atoms with Crippen molar-refractivity contribution in [3.05, 3.63) is 47.0 Å². The molecule has 1 saturated heterocycles. The molecule has 1 aliphatic rings. The van der Waals surface area contributed by atoms with Crippen LogP contribution in [0.4, 0.5) is 5.69 Å². The van der Waals surface area contributed by atoms with E-state index in [2.05, 4.69) is 45.9 Å². The second-order valence-corrected chi connectivity index (χ2v) is 8.49. The molecule has 1 heterocycles. The second kappa shape index (κ2) is 10.9. The summed E-state index contributed by atoms with van der Waals surface area (Å²) in [4.78, 5) is 6.99. The molecule has 2 aromatic rings. The van der Waals surface area contributed by atoms with Crippen molar-refractivity contribution >= 4 is 17.3 Å². The van der Waals surface area contributed by atoms with Gasteiger partial charge in [0, 0.05) is 50.5 Å². The molecule has 0 spiro atoms. The number of halogens is 1. The standard InChI is InChI=1S/C24H34ClN3O3/c1-18(19-6-9-22(29-4)24(16-19)30-5)27-10-12-28(13-11-27)20-7-8-21(25)23(17-20)31-15-14-26(2)3/h6-9,16-18H,10-15H2,1-5H3. The summed E-state index contributed by atoms with van der Waals surface area (Å²) in [5, 5.41) is 0.656. The molecule has 170 valence electrons. The van der Waals surface area contributed by atoms with Gasteiger partial charge in [0.2, 0.25) is 0 Å². The first kappa shape index (κ1) is 23.5. The third kappa shape index (κ3) is 5.97. The maximum absolute atomic E-state index is 6.34. The molecule has 3 rings (SSSR count). The van der Waals surface area contributed by atoms with E-state index in [1.54, 1.807) is 14.2 Å². The third-order valence-electron chi connectivity index (χ3n) is 5.83. The zero-order chi connectivity index (χ0) is 22.4. The molecule has 0 aliphatic carbocycles. The summed E-state index contributed by atoms with van der Waals surface area (Å²) in [5.41, 5.74) is 2.39. The average Bonchev–Trinajstić information content (AvgIpc) is 2.79. The monoisotopic (exact) mass is 447 g/mol. The molecule has 31 heavy (non-hydrogen) atoms. The number of rotatable bonds is 9. The van der Waals surface area contributed by atoms with E-state index < -0.39 is 0 Å². The SMILES string of the molecule is COc1ccc(C(C)N2CCN(c3ccc(Cl)c(OCCN(C)C)c3)CC2)cc1OC. The van der Waals surface area contributed by atoms with Crippen LogP contribution in [0.25, 0.3) is 0 Å². The number of ether oxygens (including phenoxy) is 3. The Morgan fingerprint density at radius 3 is 2.29 bits per heavy atom. The van der Waals surface area contributed by atoms with Gasteiger partial charge in [-0.25, -0.2) is 0 Å². The van der Waals surface area contributed by atoms with E-state index >= 15 is 0 Å². The lowest BCUT2D eigenvalue weighted by molar-refractivity contribution is 0.198. The van der Waals surface area contributed by atoms with Crippen LogP contribution < -0.4 is 19.1 Å². The Morgan fingerprint density at radius 1 is 0.935 bits per heavy atom. The van der Waals surface area contributed by atoms with E-state index in [1.165, 1.54) is 5.56 Å². The van der Waals surface area contributed by atoms with E-state index in [9.17, 15) is 0 Å². The van der Waals surface area contributed by atoms with Crippen LogP contribution in [-0.4, -0.2) is 77.4 Å². The number of likely N-dealkylation sites (N-methyl/N-ethyl adjacent to an activating group) is 1. The third-order valence-corrected chi connectivity index (χ3v) is 6.14. The zero-order valence-electron chi connectivity index (χ0n) is 19.2. The first-order valence-corrected chi connectivity index (χ1v) is 11.1. The number of methoxy groups -OCH3 is 2. The van der Waals surface area contributed by atoms with E-state index in [0.717, 1.165) is 55.7 Å². The Bertz CT molecular complexity index is 854. The molecule has 2 aromatic carbocycles. The van der Waals surface area contributed by atoms with E-state index in [1.807, 2.05) is 26.2 Å². The fourth-order valence-corrected chi connectivity index (χ4v) is 4.00. The Morgan fingerprint density at radius 2 is 1.65 bits per heavy atom. The fraction of sp³-hybridized carbons (Fsp3) is 0.500. The van der Waals surface area contributed by atoms with Crippen LogP contribution in [0.15, 0.2) is 36.4 Å². The van der Waals surface area contributed by atoms with E-state index in [-0.39, 0.29) is 0 Å². The second-order valence-electron chi connectivity index (χ2n) is 8.08. The first-order chi connectivity index (χ1) is 14.9. The molecule has 6 nitrogen and oxygen atoms in total. The summed E-state index contributed by atoms with van der Waals surface area (Å²) >= 11 is 6.34. The first-order valence-electron chi connectivity index (χ1n) is 10.7. The molecule has 0 radical (unpaired) electrons. The maximum Gasteiger partial charge on any atom is 0.161 e. The number of benzene rings is 2. The van der Waals surface area contributed by atoms with Crippen molar-refractivity contribution in [2.45, 2.75) is 13.0 Å². The van der Waals surface area contributed by atoms with E-state index in [0.29, 0.717) is 17.7 Å². The lowest BCUT2D eigenvalue weighted by atomic mass is 10.0. The number of anilines is 1. The van der Waals surface area contributed by atoms with Crippen molar-refractivity contribution in [2.75, 3.05) is 72.5 Å². The summed E-state index contributed by atoms with van der Waals surface area (Å²) in [5.74, 6) is 2.28. The van der Waals surface area contributed by atoms with Gasteiger partial charge in [0.15, 0.2) is 11.5 Å². The van der Waals surface area contributed by atoms with Crippen LogP contribution in [0.5, 0.6) is 17.2 Å². The van der Waals surface area contributed by atoms with Gasteiger partial charge < -0.3 is 24.0 Å². The molecule has 1 aliphatic heterocycles. The molecular weight excluding hydrogens is 414 g/mol. The molecule has 0 bridgehead atoms. The fourth-order valence-electron chi connectivity index (χ4n) is 3.83. The van der Waals surface area contributed by atoms with Gasteiger partial charge in [-0.05, 0) is 50.8 Å². The maximum atomic E-state index is 6.34. The normalized spacial score (nSPS) is 15.8. The highest BCUT2D eigenvalue weighted by molar-refractivity contribution is 6.32. The highest BCUT2D eigenvalue weighted by Crippen LogP contribution is 2.33. The minimum atomic E-state index is 0.303. The van der Waals surface area contributed by atoms with Crippen LogP contribution >= 0.6 is 11.6 Å². The van der Waals surface area contributed by atoms with Gasteiger partial charge in [0.25, 0.3) is 0 Å². The highest BCUT2D eigenvalue weighted by atomic mass is 35.5. The Kier molecular flexibility index (Phi) is 8.29. The molecule has 1 atom stereocenters. The minimum Gasteiger partial charge on any atom is -0.493 e. The smallest absolute Gasteiger partial charge is 0.161 e. The summed E-state index contributed by atoms with van der Waals surface area (Å²) < 4.78 is 16.7. The van der Waals surface area contributed by atoms with Gasteiger partial charge in [-0.1, -0.05) is 17.7 Å². The van der Waals surface area contributed by atoms with Crippen molar-refractivity contribution in [2.24, 2.45) is 0 Å². The molecule has 1 unspecified atom stereocenters. The topological polar surface area (TPSA) is 37.4 Å². The van der Waals surface area contributed by atoms with Crippen LogP contribution in [0.2, 0.25) is 5.02 Å². The van der Waals surface area contributed by atoms with Crippen LogP contribution in [-0.2, 0) is 0 Å². The van der Waals surface area contributed by atoms with Gasteiger partial charge >= 0.3 is 0 Å². The van der Waals surface area contributed by atoms with E-state index in [4.69, 9.17) is 25.8 Å². The molecule has 0 N–H and O–H groups in total. The summed E-state index contributed by atoms with van der Waals surface area (Å²) in [6.07, 6.45) is 0. The number of hydrogen-bond acceptors (Lipinski definition) is 6. The summed E-state index contributed by atoms with van der Waals surface area (Å²) in [7, 11) is 7.40. The van der Waals surface area contributed by atoms with Crippen molar-refractivity contribution in [3.8, 4) is 17.2 Å².